The summed E-state index contributed by atoms with van der Waals surface area (Å²) in [5, 5.41) is 0. The average molecular weight is 504 g/mol. The molecule has 3 rings (SSSR count). The molecule has 1 N–H and O–H groups in total. The summed E-state index contributed by atoms with van der Waals surface area (Å²) < 4.78 is 50.5. The SMILES string of the molecule is CC(C)(I)C(=O)OC1C2OC(=O)C3C2OC1C3C(=O)OCCS(=O)(=O)O. The first-order valence-corrected chi connectivity index (χ1v) is 10.5. The first kappa shape index (κ1) is 19.8. The second-order valence-electron chi connectivity index (χ2n) is 6.81. The molecule has 0 spiro atoms. The number of ether oxygens (including phenoxy) is 4. The van der Waals surface area contributed by atoms with Crippen LogP contribution in [0.25, 0.3) is 0 Å². The fourth-order valence-corrected chi connectivity index (χ4v) is 3.77. The average Bonchev–Trinajstić information content (AvgIpc) is 3.07. The molecule has 10 nitrogen and oxygen atoms in total. The second-order valence-corrected chi connectivity index (χ2v) is 11.1. The fraction of sp³-hybridized carbons (Fsp3) is 0.786. The summed E-state index contributed by atoms with van der Waals surface area (Å²) in [7, 11) is -4.29. The number of carbonyl (C=O) groups excluding carboxylic acids is 3. The Morgan fingerprint density at radius 3 is 2.50 bits per heavy atom. The molecule has 0 radical (unpaired) electrons. The zero-order valence-corrected chi connectivity index (χ0v) is 16.8. The summed E-state index contributed by atoms with van der Waals surface area (Å²) in [6.45, 7) is 2.73. The number of alkyl halides is 1. The zero-order valence-electron chi connectivity index (χ0n) is 13.8. The molecule has 3 fully saturated rings. The van der Waals surface area contributed by atoms with Gasteiger partial charge in [0.1, 0.15) is 39.8 Å². The maximum absolute atomic E-state index is 12.4. The van der Waals surface area contributed by atoms with Gasteiger partial charge in [0.05, 0.1) is 0 Å². The number of fused-ring (bicyclic) bond motifs is 1. The van der Waals surface area contributed by atoms with Crippen LogP contribution in [0.3, 0.4) is 0 Å². The summed E-state index contributed by atoms with van der Waals surface area (Å²) in [5.74, 6) is -4.77. The maximum Gasteiger partial charge on any atom is 0.321 e. The van der Waals surface area contributed by atoms with Crippen LogP contribution < -0.4 is 0 Å². The first-order chi connectivity index (χ1) is 11.9. The summed E-state index contributed by atoms with van der Waals surface area (Å²) >= 11 is 1.90. The molecule has 0 aromatic rings. The Morgan fingerprint density at radius 1 is 1.27 bits per heavy atom. The molecule has 0 saturated carbocycles. The Labute approximate surface area is 162 Å². The molecule has 0 aromatic carbocycles. The van der Waals surface area contributed by atoms with Gasteiger partial charge in [-0.25, -0.2) is 0 Å². The van der Waals surface area contributed by atoms with Crippen molar-refractivity contribution >= 4 is 50.6 Å². The van der Waals surface area contributed by atoms with E-state index in [-0.39, 0.29) is 0 Å². The van der Waals surface area contributed by atoms with E-state index in [0.29, 0.717) is 0 Å². The molecule has 3 heterocycles. The molecule has 12 heteroatoms. The van der Waals surface area contributed by atoms with E-state index in [4.69, 9.17) is 23.5 Å². The number of carbonyl (C=O) groups is 3. The first-order valence-electron chi connectivity index (χ1n) is 7.78. The Morgan fingerprint density at radius 2 is 1.92 bits per heavy atom. The number of hydrogen-bond acceptors (Lipinski definition) is 9. The van der Waals surface area contributed by atoms with Gasteiger partial charge in [-0.1, -0.05) is 22.6 Å². The lowest BCUT2D eigenvalue weighted by Crippen LogP contribution is -2.49. The molecular formula is C14H17IO10S. The topological polar surface area (TPSA) is 142 Å². The Bertz CT molecular complexity index is 741. The van der Waals surface area contributed by atoms with Crippen LogP contribution >= 0.6 is 22.6 Å². The normalized spacial score (nSPS) is 35.3. The third-order valence-corrected chi connectivity index (χ3v) is 5.61. The Hall–Kier alpha value is -0.990. The molecule has 6 atom stereocenters. The van der Waals surface area contributed by atoms with Gasteiger partial charge >= 0.3 is 17.9 Å². The van der Waals surface area contributed by atoms with Crippen LogP contribution in [0.15, 0.2) is 0 Å². The molecular weight excluding hydrogens is 487 g/mol. The molecule has 2 bridgehead atoms. The van der Waals surface area contributed by atoms with E-state index in [1.807, 2.05) is 22.6 Å². The van der Waals surface area contributed by atoms with Gasteiger partial charge < -0.3 is 18.9 Å². The van der Waals surface area contributed by atoms with Gasteiger partial charge in [0, 0.05) is 0 Å². The van der Waals surface area contributed by atoms with E-state index < -0.39 is 80.1 Å². The highest BCUT2D eigenvalue weighted by molar-refractivity contribution is 14.1. The third-order valence-electron chi connectivity index (χ3n) is 4.49. The van der Waals surface area contributed by atoms with Crippen LogP contribution in [0.1, 0.15) is 13.8 Å². The maximum atomic E-state index is 12.4. The van der Waals surface area contributed by atoms with E-state index in [1.165, 1.54) is 0 Å². The zero-order chi connectivity index (χ0) is 19.4. The molecule has 3 saturated heterocycles. The van der Waals surface area contributed by atoms with E-state index in [9.17, 15) is 22.8 Å². The smallest absolute Gasteiger partial charge is 0.321 e. The second kappa shape index (κ2) is 6.56. The molecule has 146 valence electrons. The molecule has 26 heavy (non-hydrogen) atoms. The summed E-state index contributed by atoms with van der Waals surface area (Å²) in [6, 6.07) is 0. The van der Waals surface area contributed by atoms with Gasteiger partial charge in [-0.3, -0.25) is 18.9 Å². The van der Waals surface area contributed by atoms with Gasteiger partial charge in [0.15, 0.2) is 12.2 Å². The van der Waals surface area contributed by atoms with Crippen molar-refractivity contribution < 1.29 is 46.3 Å². The van der Waals surface area contributed by atoms with Crippen molar-refractivity contribution in [1.29, 1.82) is 0 Å². The lowest BCUT2D eigenvalue weighted by Gasteiger charge is -2.29. The minimum Gasteiger partial charge on any atom is -0.464 e. The van der Waals surface area contributed by atoms with Crippen molar-refractivity contribution in [2.75, 3.05) is 12.4 Å². The minimum absolute atomic E-state index is 0.544. The van der Waals surface area contributed by atoms with E-state index >= 15 is 0 Å². The molecule has 6 unspecified atom stereocenters. The largest absolute Gasteiger partial charge is 0.464 e. The van der Waals surface area contributed by atoms with Crippen LogP contribution in [0.2, 0.25) is 0 Å². The molecule has 3 aliphatic heterocycles. The number of hydrogen-bond donors (Lipinski definition) is 1. The van der Waals surface area contributed by atoms with Crippen LogP contribution in [-0.2, 0) is 43.4 Å². The van der Waals surface area contributed by atoms with Crippen LogP contribution in [-0.4, -0.2) is 71.1 Å². The van der Waals surface area contributed by atoms with Gasteiger partial charge in [0.25, 0.3) is 10.1 Å². The predicted molar refractivity (Wildman–Crippen MR) is 90.9 cm³/mol. The van der Waals surface area contributed by atoms with Crippen molar-refractivity contribution in [2.45, 2.75) is 41.7 Å². The van der Waals surface area contributed by atoms with Crippen LogP contribution in [0, 0.1) is 11.8 Å². The molecule has 0 aromatic heterocycles. The van der Waals surface area contributed by atoms with Crippen molar-refractivity contribution in [1.82, 2.24) is 0 Å². The highest BCUT2D eigenvalue weighted by Gasteiger charge is 2.72. The fourth-order valence-electron chi connectivity index (χ4n) is 3.35. The van der Waals surface area contributed by atoms with Crippen molar-refractivity contribution in [3.8, 4) is 0 Å². The molecule has 3 aliphatic rings. The number of halogens is 1. The number of esters is 3. The lowest BCUT2D eigenvalue weighted by molar-refractivity contribution is -0.164. The third kappa shape index (κ3) is 3.55. The summed E-state index contributed by atoms with van der Waals surface area (Å²) in [6.07, 6.45) is -3.35. The van der Waals surface area contributed by atoms with E-state index in [0.717, 1.165) is 0 Å². The number of rotatable bonds is 6. The van der Waals surface area contributed by atoms with Gasteiger partial charge in [-0.15, -0.1) is 0 Å². The lowest BCUT2D eigenvalue weighted by atomic mass is 9.78. The Kier molecular flexibility index (Phi) is 4.99. The van der Waals surface area contributed by atoms with Crippen molar-refractivity contribution in [2.24, 2.45) is 11.8 Å². The van der Waals surface area contributed by atoms with Crippen molar-refractivity contribution in [3.63, 3.8) is 0 Å². The Balaban J connectivity index is 1.74. The quantitative estimate of drug-likeness (QED) is 0.165. The van der Waals surface area contributed by atoms with Gasteiger partial charge in [-0.2, -0.15) is 8.42 Å². The van der Waals surface area contributed by atoms with Gasteiger partial charge in [0.2, 0.25) is 0 Å². The molecule has 0 aliphatic carbocycles. The van der Waals surface area contributed by atoms with Crippen LogP contribution in [0.5, 0.6) is 0 Å². The predicted octanol–water partition coefficient (Wildman–Crippen LogP) is -0.518. The van der Waals surface area contributed by atoms with Gasteiger partial charge in [-0.05, 0) is 13.8 Å². The van der Waals surface area contributed by atoms with E-state index in [1.54, 1.807) is 13.8 Å². The van der Waals surface area contributed by atoms with E-state index in [2.05, 4.69) is 0 Å². The monoisotopic (exact) mass is 504 g/mol. The highest BCUT2D eigenvalue weighted by Crippen LogP contribution is 2.51. The van der Waals surface area contributed by atoms with Crippen LogP contribution in [0.4, 0.5) is 0 Å². The minimum atomic E-state index is -4.29. The summed E-state index contributed by atoms with van der Waals surface area (Å²) in [5.41, 5.74) is 0. The standard InChI is InChI=1S/C14H17IO10S/c1-14(2,15)13(18)25-10-7-5(11(16)22-3-4-26(19,20)21)6-8(23-7)9(10)24-12(6)17/h5-10H,3-4H2,1-2H3,(H,19,20,21). The highest BCUT2D eigenvalue weighted by atomic mass is 127. The van der Waals surface area contributed by atoms with Crippen molar-refractivity contribution in [3.05, 3.63) is 0 Å². The molecule has 0 amide bonds. The summed E-state index contributed by atoms with van der Waals surface area (Å²) in [4.78, 5) is 36.6.